The van der Waals surface area contributed by atoms with Gasteiger partial charge in [0.25, 0.3) is 0 Å². The van der Waals surface area contributed by atoms with Gasteiger partial charge in [-0.3, -0.25) is 0 Å². The van der Waals surface area contributed by atoms with E-state index in [-0.39, 0.29) is 5.92 Å². The van der Waals surface area contributed by atoms with Crippen LogP contribution in [0.1, 0.15) is 25.1 Å². The van der Waals surface area contributed by atoms with Gasteiger partial charge < -0.3 is 14.6 Å². The van der Waals surface area contributed by atoms with Crippen LogP contribution in [0.2, 0.25) is 0 Å². The van der Waals surface area contributed by atoms with E-state index in [2.05, 4.69) is 9.97 Å². The molecule has 5 heteroatoms. The van der Waals surface area contributed by atoms with Crippen LogP contribution in [0.15, 0.2) is 48.9 Å². The molecular weight excluding hydrogens is 316 g/mol. The summed E-state index contributed by atoms with van der Waals surface area (Å²) in [6.45, 7) is 3.95. The molecule has 0 saturated carbocycles. The predicted octanol–water partition coefficient (Wildman–Crippen LogP) is 3.54. The van der Waals surface area contributed by atoms with E-state index in [9.17, 15) is 5.11 Å². The summed E-state index contributed by atoms with van der Waals surface area (Å²) >= 11 is 0. The highest BCUT2D eigenvalue weighted by atomic mass is 16.5. The van der Waals surface area contributed by atoms with Crippen LogP contribution in [0.5, 0.6) is 11.5 Å². The number of aliphatic hydroxyl groups is 1. The number of benzene rings is 2. The normalized spacial score (nSPS) is 13.7. The van der Waals surface area contributed by atoms with Gasteiger partial charge in [0.15, 0.2) is 11.5 Å². The number of aromatic nitrogens is 2. The van der Waals surface area contributed by atoms with Crippen molar-refractivity contribution in [2.45, 2.75) is 19.4 Å². The summed E-state index contributed by atoms with van der Waals surface area (Å²) in [5.41, 5.74) is 0.155. The molecule has 1 unspecified atom stereocenters. The van der Waals surface area contributed by atoms with E-state index in [1.54, 1.807) is 26.5 Å². The quantitative estimate of drug-likeness (QED) is 0.771. The van der Waals surface area contributed by atoms with Gasteiger partial charge in [-0.15, -0.1) is 0 Å². The first-order chi connectivity index (χ1) is 12.0. The summed E-state index contributed by atoms with van der Waals surface area (Å²) in [6.07, 6.45) is 3.10. The molecule has 0 spiro atoms. The van der Waals surface area contributed by atoms with E-state index in [1.807, 2.05) is 44.2 Å². The molecular formula is C20H22N2O3. The molecule has 1 N–H and O–H groups in total. The molecule has 2 aromatic carbocycles. The second-order valence-corrected chi connectivity index (χ2v) is 6.28. The van der Waals surface area contributed by atoms with Gasteiger partial charge in [0, 0.05) is 6.20 Å². The van der Waals surface area contributed by atoms with Crippen LogP contribution < -0.4 is 9.47 Å². The topological polar surface area (TPSA) is 64.5 Å². The number of hydrogen-bond acceptors (Lipinski definition) is 5. The molecule has 0 saturated heterocycles. The van der Waals surface area contributed by atoms with Crippen LogP contribution in [0.3, 0.4) is 0 Å². The maximum absolute atomic E-state index is 11.5. The maximum Gasteiger partial charge on any atom is 0.161 e. The van der Waals surface area contributed by atoms with Crippen LogP contribution >= 0.6 is 0 Å². The van der Waals surface area contributed by atoms with Crippen LogP contribution in [-0.2, 0) is 5.60 Å². The molecule has 0 aliphatic heterocycles. The van der Waals surface area contributed by atoms with Crippen LogP contribution in [0.25, 0.3) is 10.8 Å². The first-order valence-electron chi connectivity index (χ1n) is 8.15. The van der Waals surface area contributed by atoms with E-state index in [1.165, 1.54) is 6.33 Å². The SMILES string of the molecule is COc1cc2ccc(C(O)(c3ccncn3)C(C)C)cc2cc1OC. The monoisotopic (exact) mass is 338 g/mol. The van der Waals surface area contributed by atoms with Gasteiger partial charge in [-0.2, -0.15) is 0 Å². The minimum Gasteiger partial charge on any atom is -0.493 e. The molecule has 25 heavy (non-hydrogen) atoms. The second-order valence-electron chi connectivity index (χ2n) is 6.28. The van der Waals surface area contributed by atoms with Gasteiger partial charge in [-0.25, -0.2) is 9.97 Å². The fraction of sp³-hybridized carbons (Fsp3) is 0.300. The first-order valence-corrected chi connectivity index (χ1v) is 8.15. The fourth-order valence-electron chi connectivity index (χ4n) is 3.11. The molecule has 130 valence electrons. The Hall–Kier alpha value is -2.66. The predicted molar refractivity (Wildman–Crippen MR) is 96.9 cm³/mol. The Kier molecular flexibility index (Phi) is 4.59. The number of fused-ring (bicyclic) bond motifs is 1. The first kappa shape index (κ1) is 17.2. The minimum absolute atomic E-state index is 0.0695. The van der Waals surface area contributed by atoms with Gasteiger partial charge in [-0.05, 0) is 46.5 Å². The zero-order valence-electron chi connectivity index (χ0n) is 14.9. The summed E-state index contributed by atoms with van der Waals surface area (Å²) < 4.78 is 10.8. The van der Waals surface area contributed by atoms with Crippen molar-refractivity contribution < 1.29 is 14.6 Å². The van der Waals surface area contributed by atoms with Gasteiger partial charge in [-0.1, -0.05) is 26.0 Å². The lowest BCUT2D eigenvalue weighted by Gasteiger charge is -2.32. The van der Waals surface area contributed by atoms with Crippen LogP contribution in [0, 0.1) is 5.92 Å². The third kappa shape index (κ3) is 2.91. The minimum atomic E-state index is -1.20. The summed E-state index contributed by atoms with van der Waals surface area (Å²) in [6, 6.07) is 11.5. The Labute approximate surface area is 147 Å². The van der Waals surface area contributed by atoms with Crippen LogP contribution in [0.4, 0.5) is 0 Å². The molecule has 3 aromatic rings. The molecule has 1 heterocycles. The molecule has 1 atom stereocenters. The molecule has 0 bridgehead atoms. The zero-order chi connectivity index (χ0) is 18.0. The molecule has 0 amide bonds. The van der Waals surface area contributed by atoms with Gasteiger partial charge in [0.05, 0.1) is 19.9 Å². The average Bonchev–Trinajstić information content (AvgIpc) is 2.66. The summed E-state index contributed by atoms with van der Waals surface area (Å²) in [5, 5.41) is 13.4. The number of hydrogen-bond donors (Lipinski definition) is 1. The van der Waals surface area contributed by atoms with Crippen molar-refractivity contribution in [1.82, 2.24) is 9.97 Å². The summed E-state index contributed by atoms with van der Waals surface area (Å²) in [7, 11) is 3.23. The lowest BCUT2D eigenvalue weighted by molar-refractivity contribution is 0.0275. The molecule has 0 radical (unpaired) electrons. The van der Waals surface area contributed by atoms with E-state index in [0.717, 1.165) is 16.3 Å². The lowest BCUT2D eigenvalue weighted by Crippen LogP contribution is -2.34. The molecule has 0 aliphatic carbocycles. The largest absolute Gasteiger partial charge is 0.493 e. The van der Waals surface area contributed by atoms with E-state index in [4.69, 9.17) is 9.47 Å². The van der Waals surface area contributed by atoms with Gasteiger partial charge in [0.1, 0.15) is 11.9 Å². The number of ether oxygens (including phenoxy) is 2. The summed E-state index contributed by atoms with van der Waals surface area (Å²) in [4.78, 5) is 8.23. The average molecular weight is 338 g/mol. The Morgan fingerprint density at radius 2 is 1.64 bits per heavy atom. The molecule has 0 fully saturated rings. The Bertz CT molecular complexity index is 881. The maximum atomic E-state index is 11.5. The van der Waals surface area contributed by atoms with Gasteiger partial charge >= 0.3 is 0 Å². The zero-order valence-corrected chi connectivity index (χ0v) is 14.9. The van der Waals surface area contributed by atoms with Crippen molar-refractivity contribution in [3.63, 3.8) is 0 Å². The third-order valence-electron chi connectivity index (χ3n) is 4.59. The lowest BCUT2D eigenvalue weighted by atomic mass is 9.80. The smallest absolute Gasteiger partial charge is 0.161 e. The highest BCUT2D eigenvalue weighted by molar-refractivity contribution is 5.87. The second kappa shape index (κ2) is 6.69. The Balaban J connectivity index is 2.19. The van der Waals surface area contributed by atoms with E-state index < -0.39 is 5.60 Å². The van der Waals surface area contributed by atoms with Crippen molar-refractivity contribution in [3.05, 3.63) is 60.2 Å². The van der Waals surface area contributed by atoms with E-state index in [0.29, 0.717) is 17.2 Å². The number of nitrogens with zero attached hydrogens (tertiary/aromatic N) is 2. The number of rotatable bonds is 5. The number of methoxy groups -OCH3 is 2. The highest BCUT2D eigenvalue weighted by Gasteiger charge is 2.36. The Morgan fingerprint density at radius 1 is 0.960 bits per heavy atom. The highest BCUT2D eigenvalue weighted by Crippen LogP contribution is 2.38. The van der Waals surface area contributed by atoms with Crippen molar-refractivity contribution in [1.29, 1.82) is 0 Å². The third-order valence-corrected chi connectivity index (χ3v) is 4.59. The van der Waals surface area contributed by atoms with Crippen molar-refractivity contribution >= 4 is 10.8 Å². The van der Waals surface area contributed by atoms with E-state index >= 15 is 0 Å². The van der Waals surface area contributed by atoms with Crippen molar-refractivity contribution in [2.24, 2.45) is 5.92 Å². The van der Waals surface area contributed by atoms with Crippen molar-refractivity contribution in [3.8, 4) is 11.5 Å². The molecule has 5 nitrogen and oxygen atoms in total. The van der Waals surface area contributed by atoms with Crippen LogP contribution in [-0.4, -0.2) is 29.3 Å². The standard InChI is InChI=1S/C20H22N2O3/c1-13(2)20(23,19-7-8-21-12-22-19)16-6-5-14-10-17(24-3)18(25-4)11-15(14)9-16/h5-13,23H,1-4H3. The molecule has 3 rings (SSSR count). The summed E-state index contributed by atoms with van der Waals surface area (Å²) in [5.74, 6) is 1.26. The van der Waals surface area contributed by atoms with Crippen molar-refractivity contribution in [2.75, 3.05) is 14.2 Å². The Morgan fingerprint density at radius 3 is 2.20 bits per heavy atom. The molecule has 0 aliphatic rings. The molecule has 1 aromatic heterocycles. The van der Waals surface area contributed by atoms with Gasteiger partial charge in [0.2, 0.25) is 0 Å². The fourth-order valence-corrected chi connectivity index (χ4v) is 3.11.